The zero-order valence-electron chi connectivity index (χ0n) is 10.7. The van der Waals surface area contributed by atoms with E-state index < -0.39 is 0 Å². The van der Waals surface area contributed by atoms with E-state index >= 15 is 0 Å². The number of nitrogens with one attached hydrogen (secondary N) is 1. The Kier molecular flexibility index (Phi) is 6.33. The maximum atomic E-state index is 11.1. The summed E-state index contributed by atoms with van der Waals surface area (Å²) in [5.41, 5.74) is 2.65. The lowest BCUT2D eigenvalue weighted by Gasteiger charge is -2.05. The van der Waals surface area contributed by atoms with Crippen molar-refractivity contribution in [2.24, 2.45) is 0 Å². The van der Waals surface area contributed by atoms with Crippen molar-refractivity contribution in [3.63, 3.8) is 0 Å². The highest BCUT2D eigenvalue weighted by Gasteiger charge is 2.00. The first kappa shape index (κ1) is 13.7. The van der Waals surface area contributed by atoms with Gasteiger partial charge in [0.05, 0.1) is 13.2 Å². The van der Waals surface area contributed by atoms with Gasteiger partial charge in [-0.2, -0.15) is 0 Å². The second-order valence-corrected chi connectivity index (χ2v) is 3.90. The molecular formula is C14H21NO2. The molecule has 94 valence electrons. The Balaban J connectivity index is 2.19. The van der Waals surface area contributed by atoms with E-state index in [1.54, 1.807) is 0 Å². The quantitative estimate of drug-likeness (QED) is 0.580. The van der Waals surface area contributed by atoms with Crippen LogP contribution in [0.1, 0.15) is 25.0 Å². The van der Waals surface area contributed by atoms with Crippen LogP contribution in [0.25, 0.3) is 0 Å². The molecule has 0 fully saturated rings. The van der Waals surface area contributed by atoms with Crippen molar-refractivity contribution < 1.29 is 9.53 Å². The summed E-state index contributed by atoms with van der Waals surface area (Å²) in [6.45, 7) is 5.49. The molecule has 0 amide bonds. The third-order valence-electron chi connectivity index (χ3n) is 2.60. The average Bonchev–Trinajstić information content (AvgIpc) is 2.36. The van der Waals surface area contributed by atoms with E-state index in [-0.39, 0.29) is 5.97 Å². The van der Waals surface area contributed by atoms with Crippen LogP contribution in [0.15, 0.2) is 24.3 Å². The summed E-state index contributed by atoms with van der Waals surface area (Å²) in [6.07, 6.45) is 2.00. The highest BCUT2D eigenvalue weighted by atomic mass is 16.5. The molecule has 0 aliphatic heterocycles. The van der Waals surface area contributed by atoms with Gasteiger partial charge in [0.15, 0.2) is 0 Å². The topological polar surface area (TPSA) is 38.3 Å². The largest absolute Gasteiger partial charge is 0.465 e. The summed E-state index contributed by atoms with van der Waals surface area (Å²) in [5, 5.41) is 3.07. The average molecular weight is 235 g/mol. The van der Waals surface area contributed by atoms with Gasteiger partial charge in [-0.3, -0.25) is 4.79 Å². The van der Waals surface area contributed by atoms with Crippen molar-refractivity contribution in [1.82, 2.24) is 5.32 Å². The number of ether oxygens (including phenoxy) is 1. The Morgan fingerprint density at radius 3 is 2.41 bits per heavy atom. The van der Waals surface area contributed by atoms with Gasteiger partial charge in [-0.05, 0) is 37.4 Å². The zero-order valence-corrected chi connectivity index (χ0v) is 10.7. The van der Waals surface area contributed by atoms with Crippen LogP contribution in [0, 0.1) is 0 Å². The number of carbonyl (C=O) groups excluding carboxylic acids is 1. The highest BCUT2D eigenvalue weighted by molar-refractivity contribution is 5.71. The molecule has 0 saturated carbocycles. The lowest BCUT2D eigenvalue weighted by Crippen LogP contribution is -2.26. The third-order valence-corrected chi connectivity index (χ3v) is 2.60. The van der Waals surface area contributed by atoms with Crippen molar-refractivity contribution in [2.75, 3.05) is 19.7 Å². The molecule has 1 aromatic carbocycles. The van der Waals surface area contributed by atoms with Crippen molar-refractivity contribution in [3.8, 4) is 0 Å². The molecule has 17 heavy (non-hydrogen) atoms. The molecule has 0 aliphatic rings. The first-order valence-corrected chi connectivity index (χ1v) is 6.20. The van der Waals surface area contributed by atoms with Gasteiger partial charge >= 0.3 is 5.97 Å². The Hall–Kier alpha value is -1.35. The van der Waals surface area contributed by atoms with E-state index in [1.165, 1.54) is 11.1 Å². The lowest BCUT2D eigenvalue weighted by molar-refractivity contribution is -0.141. The second-order valence-electron chi connectivity index (χ2n) is 3.90. The molecule has 0 heterocycles. The fourth-order valence-corrected chi connectivity index (χ4v) is 1.58. The Labute approximate surface area is 103 Å². The SMILES string of the molecule is CCOC(=O)CNCCc1ccc(CC)cc1. The molecule has 0 unspecified atom stereocenters. The minimum Gasteiger partial charge on any atom is -0.465 e. The molecule has 1 aromatic rings. The standard InChI is InChI=1S/C14H21NO2/c1-3-12-5-7-13(8-6-12)9-10-15-11-14(16)17-4-2/h5-8,15H,3-4,9-11H2,1-2H3. The number of rotatable bonds is 7. The molecule has 3 nitrogen and oxygen atoms in total. The number of benzene rings is 1. The summed E-state index contributed by atoms with van der Waals surface area (Å²) in [4.78, 5) is 11.1. The summed E-state index contributed by atoms with van der Waals surface area (Å²) >= 11 is 0. The monoisotopic (exact) mass is 235 g/mol. The van der Waals surface area contributed by atoms with Crippen molar-refractivity contribution in [1.29, 1.82) is 0 Å². The fourth-order valence-electron chi connectivity index (χ4n) is 1.58. The van der Waals surface area contributed by atoms with Crippen LogP contribution in [0.4, 0.5) is 0 Å². The normalized spacial score (nSPS) is 10.2. The molecule has 0 aromatic heterocycles. The van der Waals surface area contributed by atoms with Crippen LogP contribution < -0.4 is 5.32 Å². The molecular weight excluding hydrogens is 214 g/mol. The Morgan fingerprint density at radius 2 is 1.82 bits per heavy atom. The minimum atomic E-state index is -0.186. The number of aryl methyl sites for hydroxylation is 1. The van der Waals surface area contributed by atoms with E-state index in [4.69, 9.17) is 4.74 Å². The third kappa shape index (κ3) is 5.50. The first-order chi connectivity index (χ1) is 8.26. The van der Waals surface area contributed by atoms with Crippen LogP contribution in [0.5, 0.6) is 0 Å². The van der Waals surface area contributed by atoms with Gasteiger partial charge in [0.2, 0.25) is 0 Å². The molecule has 0 spiro atoms. The number of carbonyl (C=O) groups is 1. The minimum absolute atomic E-state index is 0.186. The van der Waals surface area contributed by atoms with Gasteiger partial charge in [0.25, 0.3) is 0 Å². The predicted octanol–water partition coefficient (Wildman–Crippen LogP) is 1.94. The van der Waals surface area contributed by atoms with E-state index in [0.717, 1.165) is 19.4 Å². The molecule has 0 radical (unpaired) electrons. The van der Waals surface area contributed by atoms with Crippen molar-refractivity contribution in [2.45, 2.75) is 26.7 Å². The number of hydrogen-bond donors (Lipinski definition) is 1. The van der Waals surface area contributed by atoms with E-state index in [2.05, 4.69) is 36.5 Å². The van der Waals surface area contributed by atoms with Crippen LogP contribution in [0.2, 0.25) is 0 Å². The van der Waals surface area contributed by atoms with E-state index in [1.807, 2.05) is 6.92 Å². The maximum absolute atomic E-state index is 11.1. The molecule has 0 atom stereocenters. The van der Waals surface area contributed by atoms with E-state index in [0.29, 0.717) is 13.2 Å². The van der Waals surface area contributed by atoms with Crippen molar-refractivity contribution >= 4 is 5.97 Å². The first-order valence-electron chi connectivity index (χ1n) is 6.20. The number of hydrogen-bond acceptors (Lipinski definition) is 3. The van der Waals surface area contributed by atoms with Crippen LogP contribution in [-0.2, 0) is 22.4 Å². The predicted molar refractivity (Wildman–Crippen MR) is 69.0 cm³/mol. The Morgan fingerprint density at radius 1 is 1.18 bits per heavy atom. The molecule has 3 heteroatoms. The summed E-state index contributed by atoms with van der Waals surface area (Å²) in [6, 6.07) is 8.59. The Bertz CT molecular complexity index is 333. The summed E-state index contributed by atoms with van der Waals surface area (Å²) in [7, 11) is 0. The molecule has 1 rings (SSSR count). The number of esters is 1. The molecule has 1 N–H and O–H groups in total. The molecule has 0 bridgehead atoms. The van der Waals surface area contributed by atoms with E-state index in [9.17, 15) is 4.79 Å². The smallest absolute Gasteiger partial charge is 0.319 e. The lowest BCUT2D eigenvalue weighted by atomic mass is 10.1. The molecule has 0 aliphatic carbocycles. The van der Waals surface area contributed by atoms with Crippen molar-refractivity contribution in [3.05, 3.63) is 35.4 Å². The molecule has 0 saturated heterocycles. The van der Waals surface area contributed by atoms with Gasteiger partial charge in [-0.25, -0.2) is 0 Å². The summed E-state index contributed by atoms with van der Waals surface area (Å²) < 4.78 is 4.82. The van der Waals surface area contributed by atoms with Gasteiger partial charge in [0, 0.05) is 0 Å². The maximum Gasteiger partial charge on any atom is 0.319 e. The van der Waals surface area contributed by atoms with Gasteiger partial charge in [-0.1, -0.05) is 31.2 Å². The fraction of sp³-hybridized carbons (Fsp3) is 0.500. The highest BCUT2D eigenvalue weighted by Crippen LogP contribution is 2.05. The van der Waals surface area contributed by atoms with Crippen LogP contribution in [-0.4, -0.2) is 25.7 Å². The van der Waals surface area contributed by atoms with Gasteiger partial charge in [-0.15, -0.1) is 0 Å². The van der Waals surface area contributed by atoms with Crippen LogP contribution in [0.3, 0.4) is 0 Å². The second kappa shape index (κ2) is 7.85. The summed E-state index contributed by atoms with van der Waals surface area (Å²) in [5.74, 6) is -0.186. The van der Waals surface area contributed by atoms with Crippen LogP contribution >= 0.6 is 0 Å². The van der Waals surface area contributed by atoms with Gasteiger partial charge in [0.1, 0.15) is 0 Å². The zero-order chi connectivity index (χ0) is 12.5. The van der Waals surface area contributed by atoms with Gasteiger partial charge < -0.3 is 10.1 Å².